The van der Waals surface area contributed by atoms with Gasteiger partial charge in [0.25, 0.3) is 5.69 Å². The molecule has 0 atom stereocenters. The third-order valence-corrected chi connectivity index (χ3v) is 4.31. The molecule has 0 amide bonds. The van der Waals surface area contributed by atoms with Crippen LogP contribution in [0.1, 0.15) is 12.8 Å². The van der Waals surface area contributed by atoms with Crippen LogP contribution >= 0.6 is 0 Å². The molecule has 0 radical (unpaired) electrons. The van der Waals surface area contributed by atoms with Crippen molar-refractivity contribution in [2.45, 2.75) is 12.8 Å². The number of hydrogen-bond donors (Lipinski definition) is 1. The van der Waals surface area contributed by atoms with E-state index < -0.39 is 0 Å². The van der Waals surface area contributed by atoms with E-state index in [0.29, 0.717) is 24.0 Å². The minimum Gasteiger partial charge on any atom is -0.633 e. The largest absolute Gasteiger partial charge is 0.633 e. The molecule has 3 aromatic rings. The molecule has 0 unspecified atom stereocenters. The maximum Gasteiger partial charge on any atom is 0.280 e. The van der Waals surface area contributed by atoms with Crippen molar-refractivity contribution < 1.29 is 9.57 Å². The predicted octanol–water partition coefficient (Wildman–Crippen LogP) is 4.06. The number of anilines is 1. The van der Waals surface area contributed by atoms with Crippen molar-refractivity contribution in [3.8, 4) is 0 Å². The number of hydrogen-bond acceptors (Lipinski definition) is 5. The van der Waals surface area contributed by atoms with Crippen molar-refractivity contribution in [1.82, 2.24) is 4.98 Å². The van der Waals surface area contributed by atoms with E-state index in [1.165, 1.54) is 6.07 Å². The highest BCUT2D eigenvalue weighted by atomic mass is 16.6. The number of rotatable bonds is 7. The maximum atomic E-state index is 11.6. The average Bonchev–Trinajstić information content (AvgIpc) is 2.59. The lowest BCUT2D eigenvalue weighted by Gasteiger charge is -2.33. The van der Waals surface area contributed by atoms with Crippen molar-refractivity contribution >= 4 is 33.2 Å². The summed E-state index contributed by atoms with van der Waals surface area (Å²) in [6.07, 6.45) is 1.59. The minimum atomic E-state index is -0.374. The number of nitro groups is 1. The minimum absolute atomic E-state index is 0.0422. The monoisotopic (exact) mass is 354 g/mol. The summed E-state index contributed by atoms with van der Waals surface area (Å²) in [7, 11) is 3.25. The third-order valence-electron chi connectivity index (χ3n) is 4.31. The Labute approximate surface area is 151 Å². The van der Waals surface area contributed by atoms with Gasteiger partial charge in [-0.2, -0.15) is 0 Å². The molecule has 136 valence electrons. The molecule has 2 aromatic carbocycles. The molecule has 1 aromatic heterocycles. The zero-order valence-corrected chi connectivity index (χ0v) is 14.9. The molecule has 7 heteroatoms. The van der Waals surface area contributed by atoms with E-state index in [2.05, 4.69) is 10.3 Å². The Bertz CT molecular complexity index is 951. The van der Waals surface area contributed by atoms with E-state index in [-0.39, 0.29) is 15.3 Å². The van der Waals surface area contributed by atoms with Crippen molar-refractivity contribution in [3.63, 3.8) is 0 Å². The Morgan fingerprint density at radius 2 is 1.81 bits per heavy atom. The van der Waals surface area contributed by atoms with Crippen LogP contribution in [0.3, 0.4) is 0 Å². The molecule has 3 rings (SSSR count). The summed E-state index contributed by atoms with van der Waals surface area (Å²) >= 11 is 0. The fourth-order valence-electron chi connectivity index (χ4n) is 3.09. The first-order valence-corrected chi connectivity index (χ1v) is 8.60. The summed E-state index contributed by atoms with van der Waals surface area (Å²) in [5.41, 5.74) is 2.16. The molecule has 0 spiro atoms. The molecule has 0 saturated carbocycles. The van der Waals surface area contributed by atoms with Gasteiger partial charge in [-0.15, -0.1) is 0 Å². The van der Waals surface area contributed by atoms with E-state index in [9.17, 15) is 15.3 Å². The van der Waals surface area contributed by atoms with Crippen LogP contribution in [0.2, 0.25) is 0 Å². The van der Waals surface area contributed by atoms with E-state index in [1.807, 2.05) is 24.3 Å². The van der Waals surface area contributed by atoms with E-state index in [1.54, 1.807) is 26.2 Å². The number of nitro benzene ring substituents is 1. The van der Waals surface area contributed by atoms with Crippen LogP contribution in [0.15, 0.2) is 42.5 Å². The Morgan fingerprint density at radius 1 is 1.08 bits per heavy atom. The highest BCUT2D eigenvalue weighted by Crippen LogP contribution is 2.36. The molecule has 0 aliphatic heterocycles. The van der Waals surface area contributed by atoms with E-state index >= 15 is 0 Å². The first-order valence-electron chi connectivity index (χ1n) is 8.60. The van der Waals surface area contributed by atoms with Crippen molar-refractivity contribution in [3.05, 3.63) is 57.8 Å². The molecule has 26 heavy (non-hydrogen) atoms. The summed E-state index contributed by atoms with van der Waals surface area (Å²) in [6, 6.07) is 12.6. The highest BCUT2D eigenvalue weighted by molar-refractivity contribution is 6.11. The summed E-state index contributed by atoms with van der Waals surface area (Å²) in [5.74, 6) is 0. The molecule has 7 nitrogen and oxygen atoms in total. The predicted molar refractivity (Wildman–Crippen MR) is 104 cm³/mol. The Morgan fingerprint density at radius 3 is 2.54 bits per heavy atom. The van der Waals surface area contributed by atoms with Crippen molar-refractivity contribution in [1.29, 1.82) is 0 Å². The van der Waals surface area contributed by atoms with Gasteiger partial charge in [-0.1, -0.05) is 24.3 Å². The van der Waals surface area contributed by atoms with Crippen LogP contribution in [0.4, 0.5) is 11.4 Å². The number of benzene rings is 2. The summed E-state index contributed by atoms with van der Waals surface area (Å²) in [4.78, 5) is 15.7. The second kappa shape index (κ2) is 7.23. The number of pyridine rings is 1. The summed E-state index contributed by atoms with van der Waals surface area (Å²) in [5, 5.41) is 27.9. The Hall–Kier alpha value is -2.77. The molecule has 0 fully saturated rings. The number of quaternary nitrogens is 1. The summed E-state index contributed by atoms with van der Waals surface area (Å²) < 4.78 is -0.313. The van der Waals surface area contributed by atoms with E-state index in [0.717, 1.165) is 29.4 Å². The van der Waals surface area contributed by atoms with Gasteiger partial charge in [0.15, 0.2) is 0 Å². The number of fused-ring (bicyclic) bond motifs is 2. The molecule has 0 saturated heterocycles. The third kappa shape index (κ3) is 3.89. The summed E-state index contributed by atoms with van der Waals surface area (Å²) in [6.45, 7) is 1.18. The van der Waals surface area contributed by atoms with Gasteiger partial charge in [-0.3, -0.25) is 10.1 Å². The van der Waals surface area contributed by atoms with Crippen LogP contribution < -0.4 is 5.32 Å². The Kier molecular flexibility index (Phi) is 5.01. The number of hydroxylamine groups is 3. The Balaban J connectivity index is 1.98. The first kappa shape index (κ1) is 18.0. The molecule has 0 bridgehead atoms. The van der Waals surface area contributed by atoms with E-state index in [4.69, 9.17) is 0 Å². The maximum absolute atomic E-state index is 11.6. The lowest BCUT2D eigenvalue weighted by molar-refractivity contribution is -0.840. The molecule has 1 heterocycles. The van der Waals surface area contributed by atoms with Gasteiger partial charge in [-0.05, 0) is 25.0 Å². The quantitative estimate of drug-likeness (QED) is 0.227. The van der Waals surface area contributed by atoms with Gasteiger partial charge < -0.3 is 15.2 Å². The number of para-hydroxylation sites is 1. The number of nitrogens with zero attached hydrogens (tertiary/aromatic N) is 3. The van der Waals surface area contributed by atoms with Gasteiger partial charge in [-0.25, -0.2) is 4.98 Å². The topological polar surface area (TPSA) is 91.1 Å². The standard InChI is InChI=1S/C19H22N4O3/c1-23(2,26)13-6-5-12-20-19-14-8-3-4-9-15(14)21-16-10-7-11-17(18(16)19)22(24)25/h3-4,7-11H,5-6,12-13H2,1-2H3,(H,20,21). The highest BCUT2D eigenvalue weighted by Gasteiger charge is 2.18. The van der Waals surface area contributed by atoms with Gasteiger partial charge in [0.1, 0.15) is 5.39 Å². The van der Waals surface area contributed by atoms with Gasteiger partial charge in [0.2, 0.25) is 0 Å². The van der Waals surface area contributed by atoms with Gasteiger partial charge in [0.05, 0.1) is 42.3 Å². The SMILES string of the molecule is C[N+](C)([O-])CCCCNc1c2ccccc2nc2cccc([N+](=O)[O-])c12. The second-order valence-corrected chi connectivity index (χ2v) is 6.86. The van der Waals surface area contributed by atoms with Crippen LogP contribution in [-0.2, 0) is 0 Å². The fourth-order valence-corrected chi connectivity index (χ4v) is 3.09. The number of non-ortho nitro benzene ring substituents is 1. The van der Waals surface area contributed by atoms with Crippen molar-refractivity contribution in [2.75, 3.05) is 32.5 Å². The lowest BCUT2D eigenvalue weighted by Crippen LogP contribution is -2.33. The average molecular weight is 354 g/mol. The lowest BCUT2D eigenvalue weighted by atomic mass is 10.1. The number of aromatic nitrogens is 1. The molecule has 0 aliphatic carbocycles. The van der Waals surface area contributed by atoms with Crippen LogP contribution in [-0.4, -0.2) is 41.7 Å². The zero-order chi connectivity index (χ0) is 18.7. The van der Waals surface area contributed by atoms with Crippen LogP contribution in [0.25, 0.3) is 21.8 Å². The van der Waals surface area contributed by atoms with Gasteiger partial charge in [0, 0.05) is 18.0 Å². The first-order chi connectivity index (χ1) is 12.4. The molecule has 0 aliphatic rings. The van der Waals surface area contributed by atoms with Gasteiger partial charge >= 0.3 is 0 Å². The number of nitrogens with one attached hydrogen (secondary N) is 1. The molecular formula is C19H22N4O3. The zero-order valence-electron chi connectivity index (χ0n) is 14.9. The molecular weight excluding hydrogens is 332 g/mol. The smallest absolute Gasteiger partial charge is 0.280 e. The second-order valence-electron chi connectivity index (χ2n) is 6.86. The number of unbranched alkanes of at least 4 members (excludes halogenated alkanes) is 1. The normalized spacial score (nSPS) is 11.8. The molecule has 1 N–H and O–H groups in total. The van der Waals surface area contributed by atoms with Crippen LogP contribution in [0, 0.1) is 15.3 Å². The van der Waals surface area contributed by atoms with Crippen molar-refractivity contribution in [2.24, 2.45) is 0 Å². The van der Waals surface area contributed by atoms with Crippen LogP contribution in [0.5, 0.6) is 0 Å². The fraction of sp³-hybridized carbons (Fsp3) is 0.316.